The first kappa shape index (κ1) is 24.3. The minimum absolute atomic E-state index is 0.0146. The summed E-state index contributed by atoms with van der Waals surface area (Å²) in [5.41, 5.74) is 3.05. The van der Waals surface area contributed by atoms with Crippen molar-refractivity contribution in [3.05, 3.63) is 76.3 Å². The van der Waals surface area contributed by atoms with Gasteiger partial charge in [-0.15, -0.1) is 0 Å². The number of methoxy groups -OCH3 is 1. The highest BCUT2D eigenvalue weighted by Gasteiger charge is 2.43. The van der Waals surface area contributed by atoms with Crippen LogP contribution in [-0.2, 0) is 27.3 Å². The SMILES string of the molecule is COc1ccc(CCN2CCOC3C=CCC(C2=O)C3C(=O)NCc2ccccc2Cl)cc1C. The van der Waals surface area contributed by atoms with Crippen molar-refractivity contribution < 1.29 is 19.1 Å². The van der Waals surface area contributed by atoms with Gasteiger partial charge in [0.05, 0.1) is 31.7 Å². The highest BCUT2D eigenvalue weighted by atomic mass is 35.5. The molecule has 1 saturated heterocycles. The zero-order valence-corrected chi connectivity index (χ0v) is 20.4. The average molecular weight is 483 g/mol. The van der Waals surface area contributed by atoms with Crippen molar-refractivity contribution in [2.45, 2.75) is 32.4 Å². The Balaban J connectivity index is 1.45. The number of benzene rings is 2. The molecule has 1 aliphatic heterocycles. The van der Waals surface area contributed by atoms with Gasteiger partial charge in [0.1, 0.15) is 5.75 Å². The number of carbonyl (C=O) groups excluding carboxylic acids is 2. The summed E-state index contributed by atoms with van der Waals surface area (Å²) >= 11 is 6.24. The minimum Gasteiger partial charge on any atom is -0.496 e. The summed E-state index contributed by atoms with van der Waals surface area (Å²) in [6, 6.07) is 13.5. The number of hydrogen-bond donors (Lipinski definition) is 1. The van der Waals surface area contributed by atoms with Crippen molar-refractivity contribution in [1.29, 1.82) is 0 Å². The number of halogens is 1. The first-order valence-corrected chi connectivity index (χ1v) is 12.1. The van der Waals surface area contributed by atoms with Crippen LogP contribution in [0.1, 0.15) is 23.1 Å². The summed E-state index contributed by atoms with van der Waals surface area (Å²) in [5.74, 6) is -0.323. The zero-order valence-electron chi connectivity index (χ0n) is 19.6. The molecule has 0 aromatic heterocycles. The summed E-state index contributed by atoms with van der Waals surface area (Å²) < 4.78 is 11.4. The second-order valence-electron chi connectivity index (χ2n) is 8.82. The Hall–Kier alpha value is -2.83. The van der Waals surface area contributed by atoms with Gasteiger partial charge < -0.3 is 19.7 Å². The molecular formula is C27H31ClN2O4. The summed E-state index contributed by atoms with van der Waals surface area (Å²) in [5, 5.41) is 3.58. The Bertz CT molecular complexity index is 1070. The fourth-order valence-corrected chi connectivity index (χ4v) is 4.97. The van der Waals surface area contributed by atoms with Gasteiger partial charge in [-0.1, -0.05) is 54.1 Å². The normalized spacial score (nSPS) is 22.1. The first-order valence-electron chi connectivity index (χ1n) is 11.7. The van der Waals surface area contributed by atoms with Crippen LogP contribution >= 0.6 is 11.6 Å². The largest absolute Gasteiger partial charge is 0.496 e. The van der Waals surface area contributed by atoms with Crippen molar-refractivity contribution in [2.75, 3.05) is 26.8 Å². The van der Waals surface area contributed by atoms with E-state index in [4.69, 9.17) is 21.1 Å². The first-order chi connectivity index (χ1) is 16.5. The molecule has 180 valence electrons. The fourth-order valence-electron chi connectivity index (χ4n) is 4.77. The molecule has 2 aromatic rings. The van der Waals surface area contributed by atoms with Crippen LogP contribution in [0.25, 0.3) is 0 Å². The van der Waals surface area contributed by atoms with Crippen LogP contribution in [0.2, 0.25) is 5.02 Å². The Morgan fingerprint density at radius 2 is 2.09 bits per heavy atom. The van der Waals surface area contributed by atoms with Gasteiger partial charge in [0.25, 0.3) is 0 Å². The van der Waals surface area contributed by atoms with Gasteiger partial charge in [-0.3, -0.25) is 9.59 Å². The quantitative estimate of drug-likeness (QED) is 0.607. The maximum Gasteiger partial charge on any atom is 0.227 e. The van der Waals surface area contributed by atoms with E-state index in [1.165, 1.54) is 0 Å². The molecule has 4 rings (SSSR count). The highest BCUT2D eigenvalue weighted by molar-refractivity contribution is 6.31. The third kappa shape index (κ3) is 5.45. The third-order valence-corrected chi connectivity index (χ3v) is 7.02. The van der Waals surface area contributed by atoms with E-state index in [2.05, 4.69) is 11.4 Å². The monoisotopic (exact) mass is 482 g/mol. The smallest absolute Gasteiger partial charge is 0.227 e. The number of allylic oxidation sites excluding steroid dienone is 1. The maximum atomic E-state index is 13.6. The van der Waals surface area contributed by atoms with E-state index >= 15 is 0 Å². The Morgan fingerprint density at radius 3 is 2.85 bits per heavy atom. The third-order valence-electron chi connectivity index (χ3n) is 6.65. The number of ether oxygens (including phenoxy) is 2. The van der Waals surface area contributed by atoms with Crippen molar-refractivity contribution in [3.63, 3.8) is 0 Å². The molecule has 0 saturated carbocycles. The topological polar surface area (TPSA) is 67.9 Å². The summed E-state index contributed by atoms with van der Waals surface area (Å²) in [7, 11) is 1.66. The van der Waals surface area contributed by atoms with E-state index in [-0.39, 0.29) is 11.8 Å². The van der Waals surface area contributed by atoms with Crippen LogP contribution in [-0.4, -0.2) is 49.6 Å². The average Bonchev–Trinajstić information content (AvgIpc) is 2.84. The molecule has 2 amide bonds. The van der Waals surface area contributed by atoms with Gasteiger partial charge in [-0.05, 0) is 48.6 Å². The lowest BCUT2D eigenvalue weighted by atomic mass is 9.79. The lowest BCUT2D eigenvalue weighted by Crippen LogP contribution is -2.53. The maximum absolute atomic E-state index is 13.6. The highest BCUT2D eigenvalue weighted by Crippen LogP contribution is 2.32. The van der Waals surface area contributed by atoms with E-state index in [1.54, 1.807) is 13.2 Å². The van der Waals surface area contributed by atoms with Crippen LogP contribution < -0.4 is 10.1 Å². The Morgan fingerprint density at radius 1 is 1.26 bits per heavy atom. The van der Waals surface area contributed by atoms with E-state index in [9.17, 15) is 9.59 Å². The Labute approximate surface area is 205 Å². The number of hydrogen-bond acceptors (Lipinski definition) is 4. The molecule has 6 nitrogen and oxygen atoms in total. The molecule has 1 heterocycles. The number of rotatable bonds is 7. The van der Waals surface area contributed by atoms with Crippen LogP contribution in [0.5, 0.6) is 5.75 Å². The van der Waals surface area contributed by atoms with E-state index in [0.717, 1.165) is 28.9 Å². The van der Waals surface area contributed by atoms with Crippen LogP contribution in [0.4, 0.5) is 0 Å². The standard InChI is InChI=1S/C27H31ClN2O4/c1-18-16-19(10-11-23(18)33-2)12-13-30-14-15-34-24-9-5-7-21(27(30)32)25(24)26(31)29-17-20-6-3-4-8-22(20)28/h3-6,8-11,16,21,24-25H,7,12-15,17H2,1-2H3,(H,29,31). The fraction of sp³-hybridized carbons (Fsp3) is 0.407. The molecule has 2 aromatic carbocycles. The lowest BCUT2D eigenvalue weighted by Gasteiger charge is -2.39. The van der Waals surface area contributed by atoms with Gasteiger partial charge >= 0.3 is 0 Å². The predicted octanol–water partition coefficient (Wildman–Crippen LogP) is 3.94. The molecule has 2 bridgehead atoms. The number of carbonyl (C=O) groups is 2. The number of aryl methyl sites for hydroxylation is 1. The summed E-state index contributed by atoms with van der Waals surface area (Å²) in [4.78, 5) is 28.6. The number of nitrogens with zero attached hydrogens (tertiary/aromatic N) is 1. The molecule has 3 unspecified atom stereocenters. The summed E-state index contributed by atoms with van der Waals surface area (Å²) in [6.45, 7) is 3.81. The molecule has 1 N–H and O–H groups in total. The molecule has 2 aliphatic rings. The molecule has 3 atom stereocenters. The van der Waals surface area contributed by atoms with Crippen LogP contribution in [0.3, 0.4) is 0 Å². The van der Waals surface area contributed by atoms with Crippen LogP contribution in [0, 0.1) is 18.8 Å². The van der Waals surface area contributed by atoms with Crippen molar-refractivity contribution >= 4 is 23.4 Å². The van der Waals surface area contributed by atoms with Gasteiger partial charge in [0.2, 0.25) is 11.8 Å². The van der Waals surface area contributed by atoms with Crippen molar-refractivity contribution in [1.82, 2.24) is 10.2 Å². The molecule has 34 heavy (non-hydrogen) atoms. The molecule has 0 spiro atoms. The number of amides is 2. The molecule has 0 radical (unpaired) electrons. The van der Waals surface area contributed by atoms with E-state index < -0.39 is 17.9 Å². The molecule has 1 aliphatic carbocycles. The zero-order chi connectivity index (χ0) is 24.1. The second-order valence-corrected chi connectivity index (χ2v) is 9.23. The number of nitrogens with one attached hydrogen (secondary N) is 1. The van der Waals surface area contributed by atoms with E-state index in [0.29, 0.717) is 37.7 Å². The van der Waals surface area contributed by atoms with Gasteiger partial charge in [-0.2, -0.15) is 0 Å². The summed E-state index contributed by atoms with van der Waals surface area (Å²) in [6.07, 6.45) is 4.73. The Kier molecular flexibility index (Phi) is 7.91. The molecular weight excluding hydrogens is 452 g/mol. The van der Waals surface area contributed by atoms with Gasteiger partial charge in [0, 0.05) is 24.7 Å². The lowest BCUT2D eigenvalue weighted by molar-refractivity contribution is -0.151. The minimum atomic E-state index is -0.564. The van der Waals surface area contributed by atoms with Gasteiger partial charge in [0.15, 0.2) is 0 Å². The number of fused-ring (bicyclic) bond motifs is 2. The van der Waals surface area contributed by atoms with Crippen molar-refractivity contribution in [2.24, 2.45) is 11.8 Å². The van der Waals surface area contributed by atoms with Crippen LogP contribution in [0.15, 0.2) is 54.6 Å². The van der Waals surface area contributed by atoms with Gasteiger partial charge in [-0.25, -0.2) is 0 Å². The molecule has 1 fully saturated rings. The van der Waals surface area contributed by atoms with Crippen molar-refractivity contribution in [3.8, 4) is 5.75 Å². The predicted molar refractivity (Wildman–Crippen MR) is 132 cm³/mol. The second kappa shape index (κ2) is 11.1. The van der Waals surface area contributed by atoms with E-state index in [1.807, 2.05) is 54.3 Å². The molecule has 7 heteroatoms.